The van der Waals surface area contributed by atoms with Crippen LogP contribution >= 0.6 is 0 Å². The third-order valence-corrected chi connectivity index (χ3v) is 3.43. The molecule has 0 aromatic heterocycles. The second kappa shape index (κ2) is 6.35. The van der Waals surface area contributed by atoms with E-state index in [1.807, 2.05) is 55.5 Å². The van der Waals surface area contributed by atoms with E-state index in [4.69, 9.17) is 5.73 Å². The highest BCUT2D eigenvalue weighted by atomic mass is 16.2. The first-order valence-electron chi connectivity index (χ1n) is 6.83. The van der Waals surface area contributed by atoms with E-state index < -0.39 is 6.04 Å². The number of benzene rings is 2. The summed E-state index contributed by atoms with van der Waals surface area (Å²) in [7, 11) is 0. The third kappa shape index (κ3) is 3.06. The number of hydrogen-bond donors (Lipinski definition) is 2. The van der Waals surface area contributed by atoms with Crippen LogP contribution < -0.4 is 11.1 Å². The molecule has 104 valence electrons. The number of para-hydroxylation sites is 1. The maximum Gasteiger partial charge on any atom is 0.245 e. The summed E-state index contributed by atoms with van der Waals surface area (Å²) in [6.07, 6.45) is 0.873. The highest BCUT2D eigenvalue weighted by molar-refractivity contribution is 5.96. The number of hydrogen-bond acceptors (Lipinski definition) is 2. The van der Waals surface area contributed by atoms with E-state index in [1.54, 1.807) is 0 Å². The standard InChI is InChI=1S/C17H20N2O/c1-3-13-11-7-8-12(2)16(13)19-17(20)15(18)14-9-5-4-6-10-14/h4-11,15H,3,18H2,1-2H3,(H,19,20)/t15-/m1/s1. The van der Waals surface area contributed by atoms with Gasteiger partial charge in [-0.05, 0) is 30.0 Å². The molecule has 3 N–H and O–H groups in total. The van der Waals surface area contributed by atoms with Crippen LogP contribution in [0.15, 0.2) is 48.5 Å². The molecule has 1 atom stereocenters. The van der Waals surface area contributed by atoms with Gasteiger partial charge in [-0.1, -0.05) is 55.5 Å². The van der Waals surface area contributed by atoms with Gasteiger partial charge in [0.2, 0.25) is 5.91 Å². The van der Waals surface area contributed by atoms with Crippen LogP contribution in [0.5, 0.6) is 0 Å². The lowest BCUT2D eigenvalue weighted by atomic mass is 10.0. The van der Waals surface area contributed by atoms with E-state index >= 15 is 0 Å². The molecule has 0 aliphatic rings. The number of aryl methyl sites for hydroxylation is 2. The normalized spacial score (nSPS) is 11.9. The van der Waals surface area contributed by atoms with Crippen molar-refractivity contribution in [3.05, 3.63) is 65.2 Å². The van der Waals surface area contributed by atoms with Gasteiger partial charge in [0, 0.05) is 5.69 Å². The Hall–Kier alpha value is -2.13. The van der Waals surface area contributed by atoms with Crippen LogP contribution in [0.25, 0.3) is 0 Å². The van der Waals surface area contributed by atoms with Gasteiger partial charge in [-0.3, -0.25) is 4.79 Å². The Kier molecular flexibility index (Phi) is 4.53. The van der Waals surface area contributed by atoms with E-state index in [2.05, 4.69) is 12.2 Å². The number of nitrogens with two attached hydrogens (primary N) is 1. The molecule has 2 aromatic carbocycles. The SMILES string of the molecule is CCc1cccc(C)c1NC(=O)[C@H](N)c1ccccc1. The van der Waals surface area contributed by atoms with Crippen molar-refractivity contribution in [2.75, 3.05) is 5.32 Å². The number of nitrogens with one attached hydrogen (secondary N) is 1. The van der Waals surface area contributed by atoms with Crippen molar-refractivity contribution in [1.82, 2.24) is 0 Å². The minimum Gasteiger partial charge on any atom is -0.324 e. The lowest BCUT2D eigenvalue weighted by Crippen LogP contribution is -2.28. The van der Waals surface area contributed by atoms with Crippen molar-refractivity contribution < 1.29 is 4.79 Å². The Morgan fingerprint density at radius 2 is 1.85 bits per heavy atom. The fourth-order valence-electron chi connectivity index (χ4n) is 2.21. The summed E-state index contributed by atoms with van der Waals surface area (Å²) in [5.41, 5.74) is 9.89. The molecular weight excluding hydrogens is 248 g/mol. The number of amides is 1. The molecule has 0 heterocycles. The van der Waals surface area contributed by atoms with Crippen LogP contribution in [0, 0.1) is 6.92 Å². The number of carbonyl (C=O) groups excluding carboxylic acids is 1. The minimum absolute atomic E-state index is 0.180. The van der Waals surface area contributed by atoms with Gasteiger partial charge in [0.25, 0.3) is 0 Å². The molecule has 0 saturated heterocycles. The minimum atomic E-state index is -0.652. The van der Waals surface area contributed by atoms with Crippen LogP contribution in [-0.4, -0.2) is 5.91 Å². The lowest BCUT2D eigenvalue weighted by molar-refractivity contribution is -0.117. The Balaban J connectivity index is 2.20. The van der Waals surface area contributed by atoms with Crippen molar-refractivity contribution in [3.8, 4) is 0 Å². The zero-order valence-corrected chi connectivity index (χ0v) is 11.9. The average molecular weight is 268 g/mol. The fourth-order valence-corrected chi connectivity index (χ4v) is 2.21. The van der Waals surface area contributed by atoms with Crippen LogP contribution in [0.3, 0.4) is 0 Å². The van der Waals surface area contributed by atoms with Gasteiger partial charge >= 0.3 is 0 Å². The molecule has 0 radical (unpaired) electrons. The van der Waals surface area contributed by atoms with Crippen molar-refractivity contribution in [2.45, 2.75) is 26.3 Å². The fraction of sp³-hybridized carbons (Fsp3) is 0.235. The predicted molar refractivity (Wildman–Crippen MR) is 82.6 cm³/mol. The van der Waals surface area contributed by atoms with E-state index in [9.17, 15) is 4.79 Å². The maximum absolute atomic E-state index is 12.3. The Morgan fingerprint density at radius 3 is 2.50 bits per heavy atom. The first kappa shape index (κ1) is 14.3. The van der Waals surface area contributed by atoms with Gasteiger partial charge in [0.05, 0.1) is 0 Å². The van der Waals surface area contributed by atoms with E-state index in [-0.39, 0.29) is 5.91 Å². The Morgan fingerprint density at radius 1 is 1.15 bits per heavy atom. The smallest absolute Gasteiger partial charge is 0.245 e. The molecule has 3 heteroatoms. The Bertz CT molecular complexity index is 593. The summed E-state index contributed by atoms with van der Waals surface area (Å²) < 4.78 is 0. The zero-order chi connectivity index (χ0) is 14.5. The largest absolute Gasteiger partial charge is 0.324 e. The average Bonchev–Trinajstić information content (AvgIpc) is 2.49. The molecule has 0 aliphatic heterocycles. The maximum atomic E-state index is 12.3. The van der Waals surface area contributed by atoms with Crippen molar-refractivity contribution in [2.24, 2.45) is 5.73 Å². The molecule has 0 saturated carbocycles. The highest BCUT2D eigenvalue weighted by Crippen LogP contribution is 2.22. The lowest BCUT2D eigenvalue weighted by Gasteiger charge is -2.16. The first-order chi connectivity index (χ1) is 9.63. The molecule has 0 bridgehead atoms. The topological polar surface area (TPSA) is 55.1 Å². The van der Waals surface area contributed by atoms with Gasteiger partial charge in [-0.15, -0.1) is 0 Å². The highest BCUT2D eigenvalue weighted by Gasteiger charge is 2.17. The molecule has 20 heavy (non-hydrogen) atoms. The molecular formula is C17H20N2O. The van der Waals surface area contributed by atoms with Crippen LogP contribution in [-0.2, 0) is 11.2 Å². The summed E-state index contributed by atoms with van der Waals surface area (Å²) in [5.74, 6) is -0.180. The first-order valence-corrected chi connectivity index (χ1v) is 6.83. The van der Waals surface area contributed by atoms with Gasteiger partial charge in [0.1, 0.15) is 6.04 Å². The van der Waals surface area contributed by atoms with Crippen LogP contribution in [0.1, 0.15) is 29.7 Å². The van der Waals surface area contributed by atoms with E-state index in [0.29, 0.717) is 0 Å². The number of anilines is 1. The van der Waals surface area contributed by atoms with Crippen molar-refractivity contribution in [3.63, 3.8) is 0 Å². The summed E-state index contributed by atoms with van der Waals surface area (Å²) in [4.78, 5) is 12.3. The monoisotopic (exact) mass is 268 g/mol. The quantitative estimate of drug-likeness (QED) is 0.894. The number of rotatable bonds is 4. The molecule has 2 rings (SSSR count). The molecule has 0 aliphatic carbocycles. The van der Waals surface area contributed by atoms with Gasteiger partial charge < -0.3 is 11.1 Å². The van der Waals surface area contributed by atoms with Gasteiger partial charge in [-0.2, -0.15) is 0 Å². The third-order valence-electron chi connectivity index (χ3n) is 3.43. The van der Waals surface area contributed by atoms with Crippen LogP contribution in [0.4, 0.5) is 5.69 Å². The summed E-state index contributed by atoms with van der Waals surface area (Å²) in [5, 5.41) is 2.96. The zero-order valence-electron chi connectivity index (χ0n) is 11.9. The van der Waals surface area contributed by atoms with E-state index in [1.165, 1.54) is 0 Å². The Labute approximate surface area is 119 Å². The molecule has 0 spiro atoms. The summed E-state index contributed by atoms with van der Waals surface area (Å²) >= 11 is 0. The second-order valence-electron chi connectivity index (χ2n) is 4.84. The van der Waals surface area contributed by atoms with Gasteiger partial charge in [-0.25, -0.2) is 0 Å². The van der Waals surface area contributed by atoms with Crippen molar-refractivity contribution in [1.29, 1.82) is 0 Å². The number of carbonyl (C=O) groups is 1. The predicted octanol–water partition coefficient (Wildman–Crippen LogP) is 3.20. The summed E-state index contributed by atoms with van der Waals surface area (Å²) in [6.45, 7) is 4.06. The second-order valence-corrected chi connectivity index (χ2v) is 4.84. The molecule has 0 fully saturated rings. The molecule has 0 unspecified atom stereocenters. The van der Waals surface area contributed by atoms with E-state index in [0.717, 1.165) is 28.8 Å². The molecule has 1 amide bonds. The van der Waals surface area contributed by atoms with Crippen molar-refractivity contribution >= 4 is 11.6 Å². The van der Waals surface area contributed by atoms with Gasteiger partial charge in [0.15, 0.2) is 0 Å². The summed E-state index contributed by atoms with van der Waals surface area (Å²) in [6, 6.07) is 14.8. The molecule has 3 nitrogen and oxygen atoms in total. The molecule has 2 aromatic rings. The van der Waals surface area contributed by atoms with Crippen LogP contribution in [0.2, 0.25) is 0 Å².